The van der Waals surface area contributed by atoms with Crippen LogP contribution in [0.25, 0.3) is 0 Å². The maximum Gasteiger partial charge on any atom is 0.254 e. The Labute approximate surface area is 114 Å². The second-order valence-corrected chi connectivity index (χ2v) is 3.96. The molecule has 0 aromatic carbocycles. The topological polar surface area (TPSA) is 122 Å². The standard InChI is InChI=1S/C11H14FN7O/c12-9-7(3-5-14-10(9)18-13)11(20)15-4-1-2-8-16-6-17-19-8/h3,5-6H,1-2,4,13H2,(H,14,18)(H,15,20)(H,16,17,19). The lowest BCUT2D eigenvalue weighted by Gasteiger charge is -2.07. The van der Waals surface area contributed by atoms with Crippen LogP contribution in [0.15, 0.2) is 18.6 Å². The van der Waals surface area contributed by atoms with Gasteiger partial charge in [-0.1, -0.05) is 0 Å². The van der Waals surface area contributed by atoms with Gasteiger partial charge in [-0.25, -0.2) is 20.2 Å². The Morgan fingerprint density at radius 2 is 2.30 bits per heavy atom. The van der Waals surface area contributed by atoms with Crippen molar-refractivity contribution in [3.8, 4) is 0 Å². The van der Waals surface area contributed by atoms with Crippen LogP contribution in [-0.2, 0) is 6.42 Å². The average molecular weight is 279 g/mol. The highest BCUT2D eigenvalue weighted by Gasteiger charge is 2.15. The summed E-state index contributed by atoms with van der Waals surface area (Å²) in [6, 6.07) is 1.29. The number of hydrazine groups is 1. The maximum absolute atomic E-state index is 13.8. The number of nitrogens with two attached hydrogens (primary N) is 1. The van der Waals surface area contributed by atoms with E-state index in [1.54, 1.807) is 0 Å². The summed E-state index contributed by atoms with van der Waals surface area (Å²) in [6.07, 6.45) is 4.04. The van der Waals surface area contributed by atoms with Crippen molar-refractivity contribution in [2.75, 3.05) is 12.0 Å². The van der Waals surface area contributed by atoms with Gasteiger partial charge in [-0.15, -0.1) is 0 Å². The first kappa shape index (κ1) is 13.9. The van der Waals surface area contributed by atoms with Gasteiger partial charge in [0.15, 0.2) is 11.6 Å². The molecule has 0 saturated heterocycles. The van der Waals surface area contributed by atoms with Crippen LogP contribution in [0.2, 0.25) is 0 Å². The number of carbonyl (C=O) groups is 1. The van der Waals surface area contributed by atoms with E-state index in [0.717, 1.165) is 5.82 Å². The minimum Gasteiger partial charge on any atom is -0.352 e. The number of aromatic amines is 1. The van der Waals surface area contributed by atoms with Crippen molar-refractivity contribution < 1.29 is 9.18 Å². The second-order valence-electron chi connectivity index (χ2n) is 3.96. The van der Waals surface area contributed by atoms with E-state index in [9.17, 15) is 9.18 Å². The van der Waals surface area contributed by atoms with Crippen LogP contribution in [0.5, 0.6) is 0 Å². The van der Waals surface area contributed by atoms with Gasteiger partial charge < -0.3 is 10.7 Å². The van der Waals surface area contributed by atoms with E-state index >= 15 is 0 Å². The molecule has 0 radical (unpaired) electrons. The highest BCUT2D eigenvalue weighted by Crippen LogP contribution is 2.13. The number of H-pyrrole nitrogens is 1. The molecule has 0 fully saturated rings. The molecule has 0 bridgehead atoms. The van der Waals surface area contributed by atoms with Crippen molar-refractivity contribution in [1.29, 1.82) is 0 Å². The molecule has 9 heteroatoms. The lowest BCUT2D eigenvalue weighted by Crippen LogP contribution is -2.26. The highest BCUT2D eigenvalue weighted by atomic mass is 19.1. The molecule has 20 heavy (non-hydrogen) atoms. The molecule has 0 aliphatic rings. The monoisotopic (exact) mass is 279 g/mol. The second kappa shape index (κ2) is 6.57. The third-order valence-corrected chi connectivity index (χ3v) is 2.61. The smallest absolute Gasteiger partial charge is 0.254 e. The minimum atomic E-state index is -0.775. The van der Waals surface area contributed by atoms with Gasteiger partial charge in [-0.2, -0.15) is 5.10 Å². The Morgan fingerprint density at radius 3 is 3.00 bits per heavy atom. The Bertz CT molecular complexity index is 572. The van der Waals surface area contributed by atoms with E-state index in [1.807, 2.05) is 0 Å². The van der Waals surface area contributed by atoms with E-state index in [0.29, 0.717) is 19.4 Å². The summed E-state index contributed by atoms with van der Waals surface area (Å²) in [7, 11) is 0. The maximum atomic E-state index is 13.8. The summed E-state index contributed by atoms with van der Waals surface area (Å²) in [4.78, 5) is 19.4. The summed E-state index contributed by atoms with van der Waals surface area (Å²) in [5.74, 6) is 4.38. The molecule has 8 nitrogen and oxygen atoms in total. The molecule has 2 aromatic rings. The molecule has 2 aromatic heterocycles. The molecule has 1 amide bonds. The van der Waals surface area contributed by atoms with E-state index in [1.165, 1.54) is 18.6 Å². The number of pyridine rings is 1. The van der Waals surface area contributed by atoms with Crippen molar-refractivity contribution in [1.82, 2.24) is 25.5 Å². The lowest BCUT2D eigenvalue weighted by molar-refractivity contribution is 0.0949. The lowest BCUT2D eigenvalue weighted by atomic mass is 10.2. The first-order valence-corrected chi connectivity index (χ1v) is 5.96. The molecule has 0 atom stereocenters. The van der Waals surface area contributed by atoms with Crippen molar-refractivity contribution in [2.24, 2.45) is 5.84 Å². The van der Waals surface area contributed by atoms with Gasteiger partial charge in [0.1, 0.15) is 12.2 Å². The number of nitrogens with zero attached hydrogens (tertiary/aromatic N) is 3. The molecule has 0 aliphatic heterocycles. The number of nitrogens with one attached hydrogen (secondary N) is 3. The van der Waals surface area contributed by atoms with E-state index in [-0.39, 0.29) is 11.4 Å². The predicted octanol–water partition coefficient (Wildman–Crippen LogP) is -0.0130. The molecule has 0 spiro atoms. The molecule has 0 unspecified atom stereocenters. The molecule has 5 N–H and O–H groups in total. The first-order chi connectivity index (χ1) is 9.72. The van der Waals surface area contributed by atoms with Gasteiger partial charge in [-0.3, -0.25) is 9.89 Å². The number of hydrogen-bond donors (Lipinski definition) is 4. The molecule has 0 aliphatic carbocycles. The number of rotatable bonds is 6. The fraction of sp³-hybridized carbons (Fsp3) is 0.273. The molecule has 0 saturated carbocycles. The fourth-order valence-electron chi connectivity index (χ4n) is 1.62. The summed E-state index contributed by atoms with van der Waals surface area (Å²) in [5.41, 5.74) is 1.99. The first-order valence-electron chi connectivity index (χ1n) is 5.96. The van der Waals surface area contributed by atoms with Gasteiger partial charge in [-0.05, 0) is 12.5 Å². The number of aromatic nitrogens is 4. The number of aryl methyl sites for hydroxylation is 1. The SMILES string of the molecule is NNc1nccc(C(=O)NCCCc2ncn[nH]2)c1F. The molecule has 2 rings (SSSR count). The Morgan fingerprint density at radius 1 is 1.45 bits per heavy atom. The fourth-order valence-corrected chi connectivity index (χ4v) is 1.62. The summed E-state index contributed by atoms with van der Waals surface area (Å²) < 4.78 is 13.8. The van der Waals surface area contributed by atoms with Crippen molar-refractivity contribution >= 4 is 11.7 Å². The summed E-state index contributed by atoms with van der Waals surface area (Å²) >= 11 is 0. The van der Waals surface area contributed by atoms with Crippen LogP contribution in [-0.4, -0.2) is 32.6 Å². The van der Waals surface area contributed by atoms with Crippen LogP contribution in [0.3, 0.4) is 0 Å². The van der Waals surface area contributed by atoms with E-state index in [2.05, 4.69) is 30.9 Å². The Hall–Kier alpha value is -2.55. The molecular formula is C11H14FN7O. The third-order valence-electron chi connectivity index (χ3n) is 2.61. The number of nitrogen functional groups attached to an aromatic ring is 1. The van der Waals surface area contributed by atoms with Crippen LogP contribution in [0.4, 0.5) is 10.2 Å². The average Bonchev–Trinajstić information content (AvgIpc) is 2.97. The molecular weight excluding hydrogens is 265 g/mol. The van der Waals surface area contributed by atoms with Crippen molar-refractivity contribution in [2.45, 2.75) is 12.8 Å². The van der Waals surface area contributed by atoms with Gasteiger partial charge in [0.2, 0.25) is 0 Å². The normalized spacial score (nSPS) is 10.3. The van der Waals surface area contributed by atoms with Crippen LogP contribution >= 0.6 is 0 Å². The van der Waals surface area contributed by atoms with Gasteiger partial charge in [0.25, 0.3) is 5.91 Å². The van der Waals surface area contributed by atoms with Crippen LogP contribution in [0.1, 0.15) is 22.6 Å². The largest absolute Gasteiger partial charge is 0.352 e. The molecule has 106 valence electrons. The molecule has 2 heterocycles. The van der Waals surface area contributed by atoms with Crippen molar-refractivity contribution in [3.05, 3.63) is 35.8 Å². The number of carbonyl (C=O) groups excluding carboxylic acids is 1. The number of halogens is 1. The van der Waals surface area contributed by atoms with Gasteiger partial charge >= 0.3 is 0 Å². The van der Waals surface area contributed by atoms with Gasteiger partial charge in [0.05, 0.1) is 5.56 Å². The Balaban J connectivity index is 1.86. The van der Waals surface area contributed by atoms with E-state index < -0.39 is 11.7 Å². The van der Waals surface area contributed by atoms with Crippen LogP contribution < -0.4 is 16.6 Å². The Kier molecular flexibility index (Phi) is 4.56. The van der Waals surface area contributed by atoms with Gasteiger partial charge in [0, 0.05) is 19.2 Å². The summed E-state index contributed by atoms with van der Waals surface area (Å²) in [5, 5.41) is 9.05. The van der Waals surface area contributed by atoms with Crippen LogP contribution in [0, 0.1) is 5.82 Å². The van der Waals surface area contributed by atoms with Crippen molar-refractivity contribution in [3.63, 3.8) is 0 Å². The minimum absolute atomic E-state index is 0.104. The zero-order valence-electron chi connectivity index (χ0n) is 10.6. The summed E-state index contributed by atoms with van der Waals surface area (Å²) in [6.45, 7) is 0.396. The zero-order chi connectivity index (χ0) is 14.4. The predicted molar refractivity (Wildman–Crippen MR) is 69.0 cm³/mol. The number of anilines is 1. The zero-order valence-corrected chi connectivity index (χ0v) is 10.6. The number of amides is 1. The highest BCUT2D eigenvalue weighted by molar-refractivity contribution is 5.95. The number of hydrogen-bond acceptors (Lipinski definition) is 6. The third kappa shape index (κ3) is 3.26. The quantitative estimate of drug-likeness (QED) is 0.335. The van der Waals surface area contributed by atoms with E-state index in [4.69, 9.17) is 5.84 Å².